The minimum Gasteiger partial charge on any atom is -0.493 e. The number of carbonyl (C=O) groups is 1. The summed E-state index contributed by atoms with van der Waals surface area (Å²) < 4.78 is 10.9. The first-order chi connectivity index (χ1) is 17.1. The summed E-state index contributed by atoms with van der Waals surface area (Å²) >= 11 is 6.04. The molecule has 0 unspecified atom stereocenters. The monoisotopic (exact) mass is 486 g/mol. The molecule has 0 radical (unpaired) electrons. The lowest BCUT2D eigenvalue weighted by Gasteiger charge is -2.33. The molecule has 0 aliphatic rings. The van der Waals surface area contributed by atoms with E-state index < -0.39 is 0 Å². The van der Waals surface area contributed by atoms with E-state index in [1.165, 1.54) is 0 Å². The van der Waals surface area contributed by atoms with Crippen LogP contribution in [0.25, 0.3) is 0 Å². The highest BCUT2D eigenvalue weighted by Gasteiger charge is 2.27. The third kappa shape index (κ3) is 5.94. The SMILES string of the molecule is COc1ccc(CN(C(=O)Nc2ccc(Cl)cc2)C(c2ccccc2)c2ccccc2)cc1OC. The van der Waals surface area contributed by atoms with Gasteiger partial charge in [-0.15, -0.1) is 0 Å². The summed E-state index contributed by atoms with van der Waals surface area (Å²) in [6.07, 6.45) is 0. The normalized spacial score (nSPS) is 10.6. The number of hydrogen-bond acceptors (Lipinski definition) is 3. The van der Waals surface area contributed by atoms with E-state index in [4.69, 9.17) is 21.1 Å². The van der Waals surface area contributed by atoms with E-state index in [9.17, 15) is 4.79 Å². The van der Waals surface area contributed by atoms with Crippen molar-refractivity contribution in [2.24, 2.45) is 0 Å². The number of nitrogens with one attached hydrogen (secondary N) is 1. The van der Waals surface area contributed by atoms with Crippen LogP contribution in [0, 0.1) is 0 Å². The molecule has 4 rings (SSSR count). The zero-order chi connectivity index (χ0) is 24.6. The number of rotatable bonds is 8. The fourth-order valence-electron chi connectivity index (χ4n) is 4.01. The molecule has 5 nitrogen and oxygen atoms in total. The Balaban J connectivity index is 1.77. The summed E-state index contributed by atoms with van der Waals surface area (Å²) in [5.41, 5.74) is 3.58. The van der Waals surface area contributed by atoms with E-state index in [-0.39, 0.29) is 12.1 Å². The molecule has 0 heterocycles. The Kier molecular flexibility index (Phi) is 7.91. The van der Waals surface area contributed by atoms with Crippen molar-refractivity contribution in [3.8, 4) is 11.5 Å². The Hall–Kier alpha value is -3.96. The summed E-state index contributed by atoms with van der Waals surface area (Å²) in [6, 6.07) is 32.2. The Morgan fingerprint density at radius 3 is 1.91 bits per heavy atom. The minimum atomic E-state index is -0.321. The maximum atomic E-state index is 13.8. The molecule has 1 N–H and O–H groups in total. The quantitative estimate of drug-likeness (QED) is 0.287. The van der Waals surface area contributed by atoms with Gasteiger partial charge < -0.3 is 19.7 Å². The van der Waals surface area contributed by atoms with Crippen LogP contribution < -0.4 is 14.8 Å². The number of benzene rings is 4. The molecule has 0 atom stereocenters. The highest BCUT2D eigenvalue weighted by molar-refractivity contribution is 6.30. The second kappa shape index (κ2) is 11.4. The molecule has 0 saturated heterocycles. The number of nitrogens with zero attached hydrogens (tertiary/aromatic N) is 1. The van der Waals surface area contributed by atoms with E-state index in [0.29, 0.717) is 28.8 Å². The Labute approximate surface area is 210 Å². The number of halogens is 1. The molecule has 0 fully saturated rings. The van der Waals surface area contributed by atoms with Crippen molar-refractivity contribution < 1.29 is 14.3 Å². The zero-order valence-corrected chi connectivity index (χ0v) is 20.4. The largest absolute Gasteiger partial charge is 0.493 e. The number of ether oxygens (including phenoxy) is 2. The molecule has 0 aliphatic carbocycles. The maximum Gasteiger partial charge on any atom is 0.322 e. The summed E-state index contributed by atoms with van der Waals surface area (Å²) in [6.45, 7) is 0.342. The van der Waals surface area contributed by atoms with Crippen LogP contribution >= 0.6 is 11.6 Å². The lowest BCUT2D eigenvalue weighted by atomic mass is 9.96. The van der Waals surface area contributed by atoms with Crippen molar-refractivity contribution in [3.05, 3.63) is 125 Å². The lowest BCUT2D eigenvalue weighted by Crippen LogP contribution is -2.38. The fraction of sp³-hybridized carbons (Fsp3) is 0.138. The van der Waals surface area contributed by atoms with Crippen LogP contribution in [0.3, 0.4) is 0 Å². The van der Waals surface area contributed by atoms with E-state index in [1.54, 1.807) is 38.5 Å². The van der Waals surface area contributed by atoms with Gasteiger partial charge in [0.25, 0.3) is 0 Å². The third-order valence-corrected chi connectivity index (χ3v) is 5.95. The van der Waals surface area contributed by atoms with Crippen molar-refractivity contribution in [3.63, 3.8) is 0 Å². The van der Waals surface area contributed by atoms with Crippen LogP contribution in [0.1, 0.15) is 22.7 Å². The van der Waals surface area contributed by atoms with Crippen molar-refractivity contribution in [2.45, 2.75) is 12.6 Å². The standard InChI is InChI=1S/C29H27ClN2O3/c1-34-26-18-13-21(19-27(26)35-2)20-32(29(33)31-25-16-14-24(30)15-17-25)28(22-9-5-3-6-10-22)23-11-7-4-8-12-23/h3-19,28H,20H2,1-2H3,(H,31,33). The first-order valence-corrected chi connectivity index (χ1v) is 11.6. The Bertz CT molecular complexity index is 1210. The van der Waals surface area contributed by atoms with Gasteiger partial charge in [-0.2, -0.15) is 0 Å². The van der Waals surface area contributed by atoms with Gasteiger partial charge in [0.2, 0.25) is 0 Å². The van der Waals surface area contributed by atoms with Gasteiger partial charge in [0, 0.05) is 17.3 Å². The van der Waals surface area contributed by atoms with Crippen molar-refractivity contribution >= 4 is 23.3 Å². The van der Waals surface area contributed by atoms with Crippen LogP contribution in [0.5, 0.6) is 11.5 Å². The van der Waals surface area contributed by atoms with Gasteiger partial charge in [0.1, 0.15) is 0 Å². The van der Waals surface area contributed by atoms with Crippen LogP contribution in [-0.4, -0.2) is 25.2 Å². The molecular weight excluding hydrogens is 460 g/mol. The first-order valence-electron chi connectivity index (χ1n) is 11.2. The van der Waals surface area contributed by atoms with Crippen LogP contribution in [0.15, 0.2) is 103 Å². The van der Waals surface area contributed by atoms with E-state index in [1.807, 2.05) is 83.8 Å². The highest BCUT2D eigenvalue weighted by atomic mass is 35.5. The first kappa shape index (κ1) is 24.2. The number of methoxy groups -OCH3 is 2. The molecule has 2 amide bonds. The second-order valence-corrected chi connectivity index (χ2v) is 8.41. The number of carbonyl (C=O) groups excluding carboxylic acids is 1. The van der Waals surface area contributed by atoms with E-state index in [2.05, 4.69) is 5.32 Å². The molecule has 6 heteroatoms. The second-order valence-electron chi connectivity index (χ2n) is 7.98. The van der Waals surface area contributed by atoms with Gasteiger partial charge in [-0.25, -0.2) is 4.79 Å². The maximum absolute atomic E-state index is 13.8. The minimum absolute atomic E-state index is 0.236. The number of urea groups is 1. The van der Waals surface area contributed by atoms with Crippen molar-refractivity contribution in [2.75, 3.05) is 19.5 Å². The average Bonchev–Trinajstić information content (AvgIpc) is 2.90. The lowest BCUT2D eigenvalue weighted by molar-refractivity contribution is 0.194. The van der Waals surface area contributed by atoms with Crippen LogP contribution in [0.2, 0.25) is 5.02 Å². The van der Waals surface area contributed by atoms with E-state index in [0.717, 1.165) is 16.7 Å². The van der Waals surface area contributed by atoms with Crippen LogP contribution in [0.4, 0.5) is 10.5 Å². The smallest absolute Gasteiger partial charge is 0.322 e. The van der Waals surface area contributed by atoms with Gasteiger partial charge in [0.15, 0.2) is 11.5 Å². The predicted octanol–water partition coefficient (Wildman–Crippen LogP) is 7.18. The Morgan fingerprint density at radius 1 is 0.800 bits per heavy atom. The molecule has 0 saturated carbocycles. The summed E-state index contributed by atoms with van der Waals surface area (Å²) in [7, 11) is 3.20. The third-order valence-electron chi connectivity index (χ3n) is 5.70. The zero-order valence-electron chi connectivity index (χ0n) is 19.6. The molecule has 0 aliphatic heterocycles. The molecule has 0 bridgehead atoms. The number of anilines is 1. The van der Waals surface area contributed by atoms with Gasteiger partial charge in [-0.05, 0) is 53.1 Å². The highest BCUT2D eigenvalue weighted by Crippen LogP contribution is 2.33. The fourth-order valence-corrected chi connectivity index (χ4v) is 4.13. The summed E-state index contributed by atoms with van der Waals surface area (Å²) in [5.74, 6) is 1.25. The van der Waals surface area contributed by atoms with Crippen LogP contribution in [-0.2, 0) is 6.54 Å². The molecular formula is C29H27ClN2O3. The Morgan fingerprint density at radius 2 is 1.37 bits per heavy atom. The summed E-state index contributed by atoms with van der Waals surface area (Å²) in [4.78, 5) is 15.6. The number of amides is 2. The van der Waals surface area contributed by atoms with Gasteiger partial charge in [-0.3, -0.25) is 0 Å². The topological polar surface area (TPSA) is 50.8 Å². The van der Waals surface area contributed by atoms with E-state index >= 15 is 0 Å². The van der Waals surface area contributed by atoms with Gasteiger partial charge >= 0.3 is 6.03 Å². The molecule has 0 spiro atoms. The molecule has 4 aromatic rings. The molecule has 35 heavy (non-hydrogen) atoms. The van der Waals surface area contributed by atoms with Crippen molar-refractivity contribution in [1.82, 2.24) is 4.90 Å². The average molecular weight is 487 g/mol. The van der Waals surface area contributed by atoms with Gasteiger partial charge in [-0.1, -0.05) is 78.3 Å². The number of hydrogen-bond donors (Lipinski definition) is 1. The predicted molar refractivity (Wildman–Crippen MR) is 140 cm³/mol. The van der Waals surface area contributed by atoms with Crippen molar-refractivity contribution in [1.29, 1.82) is 0 Å². The molecule has 4 aromatic carbocycles. The van der Waals surface area contributed by atoms with Gasteiger partial charge in [0.05, 0.1) is 20.3 Å². The molecule has 0 aromatic heterocycles. The summed E-state index contributed by atoms with van der Waals surface area (Å²) in [5, 5.41) is 3.64. The molecule has 178 valence electrons.